The quantitative estimate of drug-likeness (QED) is 0.593. The van der Waals surface area contributed by atoms with Crippen LogP contribution in [0, 0.1) is 0 Å². The molecule has 1 aliphatic heterocycles. The molecule has 0 saturated carbocycles. The zero-order valence-electron chi connectivity index (χ0n) is 4.79. The molecule has 0 amide bonds. The lowest BCUT2D eigenvalue weighted by Gasteiger charge is -2.07. The van der Waals surface area contributed by atoms with Crippen LogP contribution in [0.1, 0.15) is 0 Å². The minimum absolute atomic E-state index is 1.29. The van der Waals surface area contributed by atoms with Crippen LogP contribution in [-0.2, 0) is 0 Å². The first kappa shape index (κ1) is 6.13. The zero-order chi connectivity index (χ0) is 6.10. The van der Waals surface area contributed by atoms with Crippen LogP contribution < -0.4 is 0 Å². The molecular weight excluding hydrogens is 168 g/mol. The van der Waals surface area contributed by atoms with Gasteiger partial charge in [-0.3, -0.25) is 0 Å². The Morgan fingerprint density at radius 3 is 2.11 bits per heavy atom. The molecule has 1 aliphatic rings. The molecule has 0 fully saturated rings. The fourth-order valence-corrected chi connectivity index (χ4v) is 4.25. The van der Waals surface area contributed by atoms with Crippen molar-refractivity contribution in [2.24, 2.45) is 0 Å². The lowest BCUT2D eigenvalue weighted by atomic mass is 10.7. The third-order valence-electron chi connectivity index (χ3n) is 1.19. The topological polar surface area (TPSA) is 0 Å². The molecule has 0 unspecified atom stereocenters. The third-order valence-corrected chi connectivity index (χ3v) is 4.74. The van der Waals surface area contributed by atoms with Crippen molar-refractivity contribution in [1.29, 1.82) is 0 Å². The van der Waals surface area contributed by atoms with Crippen molar-refractivity contribution in [1.82, 2.24) is 0 Å². The lowest BCUT2D eigenvalue weighted by Crippen LogP contribution is -1.89. The van der Waals surface area contributed by atoms with Crippen molar-refractivity contribution in [3.05, 3.63) is 10.8 Å². The molecule has 3 heteroatoms. The second-order valence-corrected chi connectivity index (χ2v) is 4.81. The summed E-state index contributed by atoms with van der Waals surface area (Å²) in [6.45, 7) is 0. The second-order valence-electron chi connectivity index (χ2n) is 1.80. The van der Waals surface area contributed by atoms with E-state index in [1.807, 2.05) is 34.9 Å². The highest BCUT2D eigenvalue weighted by Gasteiger charge is 2.09. The van der Waals surface area contributed by atoms with E-state index in [0.29, 0.717) is 0 Å². The van der Waals surface area contributed by atoms with Crippen molar-refractivity contribution < 1.29 is 0 Å². The molecule has 48 valence electrons. The molecule has 0 aromatic carbocycles. The van der Waals surface area contributed by atoms with Gasteiger partial charge in [0, 0.05) is 32.1 Å². The summed E-state index contributed by atoms with van der Waals surface area (Å²) in [6, 6.07) is 0. The number of hydrogen-bond acceptors (Lipinski definition) is 3. The summed E-state index contributed by atoms with van der Waals surface area (Å²) in [7, 11) is 0. The Hall–Kier alpha value is 0.400. The summed E-state index contributed by atoms with van der Waals surface area (Å²) in [5, 5.41) is 4.48. The monoisotopic (exact) mass is 174 g/mol. The molecule has 2 rings (SSSR count). The Morgan fingerprint density at radius 2 is 1.56 bits per heavy atom. The summed E-state index contributed by atoms with van der Waals surface area (Å²) in [6.07, 6.45) is 0. The summed E-state index contributed by atoms with van der Waals surface area (Å²) in [4.78, 5) is 2.99. The number of thioether (sulfide) groups is 2. The van der Waals surface area contributed by atoms with Gasteiger partial charge < -0.3 is 0 Å². The maximum atomic E-state index is 2.24. The molecular formula is C6H6S3. The van der Waals surface area contributed by atoms with Gasteiger partial charge in [-0.05, 0) is 0 Å². The summed E-state index contributed by atoms with van der Waals surface area (Å²) in [5.74, 6) is 2.57. The molecule has 0 spiro atoms. The summed E-state index contributed by atoms with van der Waals surface area (Å²) in [5.41, 5.74) is 0. The highest BCUT2D eigenvalue weighted by Crippen LogP contribution is 2.38. The van der Waals surface area contributed by atoms with Crippen LogP contribution in [0.25, 0.3) is 0 Å². The van der Waals surface area contributed by atoms with Crippen molar-refractivity contribution in [3.8, 4) is 0 Å². The van der Waals surface area contributed by atoms with Gasteiger partial charge in [-0.2, -0.15) is 11.3 Å². The van der Waals surface area contributed by atoms with Gasteiger partial charge in [0.25, 0.3) is 0 Å². The highest BCUT2D eigenvalue weighted by atomic mass is 32.2. The van der Waals surface area contributed by atoms with Gasteiger partial charge in [-0.15, -0.1) is 23.5 Å². The van der Waals surface area contributed by atoms with E-state index >= 15 is 0 Å². The van der Waals surface area contributed by atoms with Gasteiger partial charge in [0.15, 0.2) is 0 Å². The second kappa shape index (κ2) is 2.56. The molecule has 0 nitrogen and oxygen atoms in total. The standard InChI is InChI=1S/C6H6S3/c1-2-9-6-4-7-3-5(6)8-1/h3-4H,1-2H2. The number of hydrogen-bond donors (Lipinski definition) is 0. The first-order chi connectivity index (χ1) is 4.47. The largest absolute Gasteiger partial charge is 0.150 e. The molecule has 0 atom stereocenters. The number of rotatable bonds is 0. The van der Waals surface area contributed by atoms with Gasteiger partial charge in [0.1, 0.15) is 0 Å². The van der Waals surface area contributed by atoms with Crippen LogP contribution >= 0.6 is 34.9 Å². The number of thiophene rings is 1. The van der Waals surface area contributed by atoms with E-state index in [1.165, 1.54) is 21.3 Å². The van der Waals surface area contributed by atoms with Crippen LogP contribution in [-0.4, -0.2) is 11.5 Å². The van der Waals surface area contributed by atoms with Gasteiger partial charge in [-0.1, -0.05) is 0 Å². The molecule has 2 heterocycles. The Kier molecular flexibility index (Phi) is 1.75. The van der Waals surface area contributed by atoms with Gasteiger partial charge in [-0.25, -0.2) is 0 Å². The van der Waals surface area contributed by atoms with Crippen LogP contribution in [0.3, 0.4) is 0 Å². The number of fused-ring (bicyclic) bond motifs is 1. The lowest BCUT2D eigenvalue weighted by molar-refractivity contribution is 1.29. The fraction of sp³-hybridized carbons (Fsp3) is 0.333. The van der Waals surface area contributed by atoms with E-state index in [2.05, 4.69) is 10.8 Å². The minimum Gasteiger partial charge on any atom is -0.150 e. The van der Waals surface area contributed by atoms with E-state index in [1.54, 1.807) is 0 Å². The van der Waals surface area contributed by atoms with E-state index in [4.69, 9.17) is 0 Å². The fourth-order valence-electron chi connectivity index (χ4n) is 0.787. The van der Waals surface area contributed by atoms with Crippen LogP contribution in [0.15, 0.2) is 20.6 Å². The first-order valence-electron chi connectivity index (χ1n) is 2.78. The van der Waals surface area contributed by atoms with Gasteiger partial charge in [0.2, 0.25) is 0 Å². The third kappa shape index (κ3) is 1.14. The smallest absolute Gasteiger partial charge is 0.0315 e. The molecule has 1 aromatic heterocycles. The van der Waals surface area contributed by atoms with E-state index < -0.39 is 0 Å². The highest BCUT2D eigenvalue weighted by molar-refractivity contribution is 8.05. The van der Waals surface area contributed by atoms with Crippen molar-refractivity contribution in [3.63, 3.8) is 0 Å². The molecule has 9 heavy (non-hydrogen) atoms. The van der Waals surface area contributed by atoms with Gasteiger partial charge >= 0.3 is 0 Å². The molecule has 0 aliphatic carbocycles. The average Bonchev–Trinajstić information content (AvgIpc) is 2.33. The predicted molar refractivity (Wildman–Crippen MR) is 45.8 cm³/mol. The average molecular weight is 174 g/mol. The Labute approximate surface area is 67.0 Å². The van der Waals surface area contributed by atoms with Crippen LogP contribution in [0.2, 0.25) is 0 Å². The Morgan fingerprint density at radius 1 is 1.00 bits per heavy atom. The van der Waals surface area contributed by atoms with Gasteiger partial charge in [0.05, 0.1) is 0 Å². The van der Waals surface area contributed by atoms with Crippen LogP contribution in [0.5, 0.6) is 0 Å². The Balaban J connectivity index is 2.39. The predicted octanol–water partition coefficient (Wildman–Crippen LogP) is 2.95. The Bertz CT molecular complexity index is 183. The molecule has 0 radical (unpaired) electrons. The SMILES string of the molecule is c1scc2c1SCCS2. The molecule has 1 aromatic rings. The minimum atomic E-state index is 1.29. The van der Waals surface area contributed by atoms with E-state index in [9.17, 15) is 0 Å². The van der Waals surface area contributed by atoms with Crippen molar-refractivity contribution in [2.75, 3.05) is 11.5 Å². The molecule has 0 N–H and O–H groups in total. The summed E-state index contributed by atoms with van der Waals surface area (Å²) >= 11 is 5.78. The molecule has 0 saturated heterocycles. The normalized spacial score (nSPS) is 17.3. The van der Waals surface area contributed by atoms with E-state index in [-0.39, 0.29) is 0 Å². The van der Waals surface area contributed by atoms with Crippen LogP contribution in [0.4, 0.5) is 0 Å². The first-order valence-corrected chi connectivity index (χ1v) is 5.70. The maximum Gasteiger partial charge on any atom is 0.0315 e. The van der Waals surface area contributed by atoms with Crippen molar-refractivity contribution >= 4 is 34.9 Å². The zero-order valence-corrected chi connectivity index (χ0v) is 7.24. The molecule has 0 bridgehead atoms. The van der Waals surface area contributed by atoms with E-state index in [0.717, 1.165) is 0 Å². The summed E-state index contributed by atoms with van der Waals surface area (Å²) < 4.78 is 0. The maximum absolute atomic E-state index is 2.24. The van der Waals surface area contributed by atoms with Crippen molar-refractivity contribution in [2.45, 2.75) is 9.79 Å².